The van der Waals surface area contributed by atoms with E-state index in [-0.39, 0.29) is 6.54 Å². The fraction of sp³-hybridized carbons (Fsp3) is 0.125. The first-order valence-electron chi connectivity index (χ1n) is 6.72. The minimum Gasteiger partial charge on any atom is -0.548 e. The van der Waals surface area contributed by atoms with Crippen LogP contribution in [0.1, 0.15) is 5.56 Å². The number of nitrogens with zero attached hydrogens (tertiary/aromatic N) is 2. The first-order valence-corrected chi connectivity index (χ1v) is 6.72. The molecule has 5 heteroatoms. The summed E-state index contributed by atoms with van der Waals surface area (Å²) in [4.78, 5) is 15.6. The van der Waals surface area contributed by atoms with E-state index in [0.717, 1.165) is 28.7 Å². The molecule has 3 aromatic rings. The lowest BCUT2D eigenvalue weighted by Crippen LogP contribution is -2.47. The minimum atomic E-state index is -1.13. The number of aliphatic carboxylic acids is 1. The number of benzene rings is 2. The number of fused-ring (bicyclic) bond motifs is 1. The zero-order valence-electron chi connectivity index (χ0n) is 11.5. The number of rotatable bonds is 4. The number of hydrogen-bond donors (Lipinski definition) is 1. The van der Waals surface area contributed by atoms with Crippen LogP contribution in [0, 0.1) is 0 Å². The van der Waals surface area contributed by atoms with Crippen LogP contribution in [0.2, 0.25) is 0 Å². The number of hydrogen-bond acceptors (Lipinski definition) is 3. The summed E-state index contributed by atoms with van der Waals surface area (Å²) in [6.07, 6.45) is 0. The van der Waals surface area contributed by atoms with Crippen molar-refractivity contribution in [3.63, 3.8) is 0 Å². The van der Waals surface area contributed by atoms with E-state index in [1.54, 1.807) is 4.57 Å². The lowest BCUT2D eigenvalue weighted by molar-refractivity contribution is -0.386. The Labute approximate surface area is 121 Å². The average molecular weight is 281 g/mol. The third kappa shape index (κ3) is 2.51. The van der Waals surface area contributed by atoms with E-state index in [0.29, 0.717) is 5.82 Å². The van der Waals surface area contributed by atoms with Crippen molar-refractivity contribution in [3.05, 3.63) is 54.1 Å². The molecule has 0 fully saturated rings. The highest BCUT2D eigenvalue weighted by Crippen LogP contribution is 2.24. The molecule has 0 spiro atoms. The van der Waals surface area contributed by atoms with Crippen molar-refractivity contribution < 1.29 is 15.6 Å². The number of carbonyl (C=O) groups excluding carboxylic acids is 1. The molecule has 2 aromatic carbocycles. The van der Waals surface area contributed by atoms with E-state index in [4.69, 9.17) is 0 Å². The maximum absolute atomic E-state index is 11.0. The SMILES string of the molecule is [NH3+]Cc1ccc(-c2nc3ccccc3n2CC(=O)[O-])cc1. The summed E-state index contributed by atoms with van der Waals surface area (Å²) in [5.41, 5.74) is 7.41. The predicted molar refractivity (Wildman–Crippen MR) is 76.8 cm³/mol. The Kier molecular flexibility index (Phi) is 3.41. The molecule has 0 saturated carbocycles. The first-order chi connectivity index (χ1) is 10.2. The number of carboxylic acid groups (broad SMARTS) is 1. The number of carbonyl (C=O) groups is 1. The van der Waals surface area contributed by atoms with Crippen LogP contribution in [-0.2, 0) is 17.9 Å². The van der Waals surface area contributed by atoms with Gasteiger partial charge in [-0.1, -0.05) is 36.4 Å². The minimum absolute atomic E-state index is 0.215. The van der Waals surface area contributed by atoms with Crippen LogP contribution in [0.4, 0.5) is 0 Å². The fourth-order valence-electron chi connectivity index (χ4n) is 2.41. The molecule has 0 aliphatic rings. The third-order valence-corrected chi connectivity index (χ3v) is 3.44. The summed E-state index contributed by atoms with van der Waals surface area (Å²) in [5, 5.41) is 11.0. The highest BCUT2D eigenvalue weighted by atomic mass is 16.4. The molecule has 0 bridgehead atoms. The highest BCUT2D eigenvalue weighted by Gasteiger charge is 2.12. The van der Waals surface area contributed by atoms with Crippen molar-refractivity contribution in [2.24, 2.45) is 0 Å². The molecule has 0 aliphatic heterocycles. The van der Waals surface area contributed by atoms with Gasteiger partial charge in [0.2, 0.25) is 0 Å². The van der Waals surface area contributed by atoms with Gasteiger partial charge in [0.15, 0.2) is 0 Å². The van der Waals surface area contributed by atoms with Gasteiger partial charge < -0.3 is 20.2 Å². The van der Waals surface area contributed by atoms with Gasteiger partial charge in [-0.2, -0.15) is 0 Å². The Balaban J connectivity index is 2.17. The molecule has 1 aromatic heterocycles. The normalized spacial score (nSPS) is 10.9. The van der Waals surface area contributed by atoms with Crippen molar-refractivity contribution in [2.45, 2.75) is 13.1 Å². The van der Waals surface area contributed by atoms with Crippen LogP contribution in [0.25, 0.3) is 22.4 Å². The molecular formula is C16H15N3O2. The van der Waals surface area contributed by atoms with Crippen LogP contribution in [0.15, 0.2) is 48.5 Å². The monoisotopic (exact) mass is 281 g/mol. The second kappa shape index (κ2) is 5.38. The van der Waals surface area contributed by atoms with Gasteiger partial charge in [0.25, 0.3) is 0 Å². The molecule has 3 rings (SSSR count). The molecule has 106 valence electrons. The predicted octanol–water partition coefficient (Wildman–Crippen LogP) is 0.195. The molecule has 3 N–H and O–H groups in total. The summed E-state index contributed by atoms with van der Waals surface area (Å²) >= 11 is 0. The van der Waals surface area contributed by atoms with E-state index >= 15 is 0 Å². The smallest absolute Gasteiger partial charge is 0.141 e. The molecular weight excluding hydrogens is 266 g/mol. The van der Waals surface area contributed by atoms with Crippen molar-refractivity contribution in [1.29, 1.82) is 0 Å². The maximum Gasteiger partial charge on any atom is 0.141 e. The highest BCUT2D eigenvalue weighted by molar-refractivity contribution is 5.82. The number of para-hydroxylation sites is 2. The number of quaternary nitrogens is 1. The second-order valence-electron chi connectivity index (χ2n) is 4.83. The van der Waals surface area contributed by atoms with Crippen molar-refractivity contribution >= 4 is 17.0 Å². The maximum atomic E-state index is 11.0. The largest absolute Gasteiger partial charge is 0.548 e. The Hall–Kier alpha value is -2.66. The molecule has 21 heavy (non-hydrogen) atoms. The topological polar surface area (TPSA) is 85.6 Å². The molecule has 5 nitrogen and oxygen atoms in total. The quantitative estimate of drug-likeness (QED) is 0.741. The van der Waals surface area contributed by atoms with E-state index in [2.05, 4.69) is 10.7 Å². The standard InChI is InChI=1S/C16H15N3O2/c17-9-11-5-7-12(8-6-11)16-18-13-3-1-2-4-14(13)19(16)10-15(20)21/h1-8H,9-10,17H2,(H,20,21). The summed E-state index contributed by atoms with van der Waals surface area (Å²) in [7, 11) is 0. The van der Waals surface area contributed by atoms with Crippen molar-refractivity contribution in [3.8, 4) is 11.4 Å². The van der Waals surface area contributed by atoms with Crippen molar-refractivity contribution in [1.82, 2.24) is 9.55 Å². The second-order valence-corrected chi connectivity index (χ2v) is 4.83. The molecule has 0 atom stereocenters. The Morgan fingerprint density at radius 1 is 1.14 bits per heavy atom. The molecule has 0 saturated heterocycles. The van der Waals surface area contributed by atoms with Crippen molar-refractivity contribution in [2.75, 3.05) is 0 Å². The number of imidazole rings is 1. The lowest BCUT2D eigenvalue weighted by Gasteiger charge is -2.10. The van der Waals surface area contributed by atoms with E-state index in [1.807, 2.05) is 48.5 Å². The van der Waals surface area contributed by atoms with Gasteiger partial charge in [0.05, 0.1) is 30.1 Å². The number of carboxylic acids is 1. The van der Waals surface area contributed by atoms with Crippen LogP contribution < -0.4 is 10.8 Å². The zero-order valence-corrected chi connectivity index (χ0v) is 11.5. The van der Waals surface area contributed by atoms with Gasteiger partial charge >= 0.3 is 0 Å². The Bertz CT molecular complexity index is 791. The first kappa shape index (κ1) is 13.3. The third-order valence-electron chi connectivity index (χ3n) is 3.44. The molecule has 0 radical (unpaired) electrons. The molecule has 0 amide bonds. The summed E-state index contributed by atoms with van der Waals surface area (Å²) in [6.45, 7) is 0.503. The van der Waals surface area contributed by atoms with Gasteiger partial charge in [-0.05, 0) is 12.1 Å². The molecule has 1 heterocycles. The number of aromatic nitrogens is 2. The zero-order chi connectivity index (χ0) is 14.8. The lowest BCUT2D eigenvalue weighted by atomic mass is 10.1. The Morgan fingerprint density at radius 2 is 1.86 bits per heavy atom. The van der Waals surface area contributed by atoms with E-state index in [1.165, 1.54) is 0 Å². The summed E-state index contributed by atoms with van der Waals surface area (Å²) in [6, 6.07) is 15.3. The van der Waals surface area contributed by atoms with Gasteiger partial charge in [0, 0.05) is 11.1 Å². The summed E-state index contributed by atoms with van der Waals surface area (Å²) < 4.78 is 1.67. The van der Waals surface area contributed by atoms with Crippen LogP contribution in [0.3, 0.4) is 0 Å². The van der Waals surface area contributed by atoms with E-state index in [9.17, 15) is 9.90 Å². The molecule has 0 unspecified atom stereocenters. The van der Waals surface area contributed by atoms with Gasteiger partial charge in [-0.15, -0.1) is 0 Å². The average Bonchev–Trinajstić information content (AvgIpc) is 2.86. The van der Waals surface area contributed by atoms with Gasteiger partial charge in [-0.25, -0.2) is 4.98 Å². The Morgan fingerprint density at radius 3 is 2.52 bits per heavy atom. The van der Waals surface area contributed by atoms with Crippen LogP contribution in [0.5, 0.6) is 0 Å². The van der Waals surface area contributed by atoms with Crippen LogP contribution in [-0.4, -0.2) is 15.5 Å². The van der Waals surface area contributed by atoms with E-state index < -0.39 is 5.97 Å². The fourth-order valence-corrected chi connectivity index (χ4v) is 2.41. The molecule has 0 aliphatic carbocycles. The van der Waals surface area contributed by atoms with Gasteiger partial charge in [0.1, 0.15) is 5.82 Å². The van der Waals surface area contributed by atoms with Crippen LogP contribution >= 0.6 is 0 Å². The van der Waals surface area contributed by atoms with Gasteiger partial charge in [-0.3, -0.25) is 0 Å². The summed E-state index contributed by atoms with van der Waals surface area (Å²) in [5.74, 6) is -0.496.